The van der Waals surface area contributed by atoms with Crippen LogP contribution in [0.2, 0.25) is 0 Å². The van der Waals surface area contributed by atoms with Gasteiger partial charge >= 0.3 is 0 Å². The minimum atomic E-state index is 0.0588. The van der Waals surface area contributed by atoms with Crippen LogP contribution in [0.25, 0.3) is 0 Å². The maximum Gasteiger partial charge on any atom is 0.221 e. The summed E-state index contributed by atoms with van der Waals surface area (Å²) in [6.07, 6.45) is 9.02. The summed E-state index contributed by atoms with van der Waals surface area (Å²) in [5, 5.41) is 4.19. The molecule has 110 valence electrons. The molecule has 20 heavy (non-hydrogen) atoms. The largest absolute Gasteiger partial charge is 0.318 e. The molecule has 0 atom stereocenters. The number of likely N-dealkylation sites (tertiary alicyclic amines) is 1. The number of hydrogen-bond donors (Lipinski definition) is 1. The van der Waals surface area contributed by atoms with Gasteiger partial charge in [0.1, 0.15) is 0 Å². The van der Waals surface area contributed by atoms with Gasteiger partial charge in [-0.1, -0.05) is 6.42 Å². The lowest BCUT2D eigenvalue weighted by molar-refractivity contribution is -0.114. The Bertz CT molecular complexity index is 489. The molecule has 1 N–H and O–H groups in total. The SMILES string of the molecule is CC(=O)Nc1sc2c(c1CN1CCCCC1)CCCC2. The van der Waals surface area contributed by atoms with E-state index in [4.69, 9.17) is 0 Å². The highest BCUT2D eigenvalue weighted by atomic mass is 32.1. The smallest absolute Gasteiger partial charge is 0.221 e. The molecule has 1 aliphatic heterocycles. The van der Waals surface area contributed by atoms with Crippen molar-refractivity contribution in [2.24, 2.45) is 0 Å². The Kier molecular flexibility index (Phi) is 4.41. The molecular weight excluding hydrogens is 268 g/mol. The van der Waals surface area contributed by atoms with E-state index in [-0.39, 0.29) is 5.91 Å². The highest BCUT2D eigenvalue weighted by Crippen LogP contribution is 2.39. The van der Waals surface area contributed by atoms with Crippen molar-refractivity contribution in [3.63, 3.8) is 0 Å². The Morgan fingerprint density at radius 3 is 2.65 bits per heavy atom. The third-order valence-electron chi connectivity index (χ3n) is 4.40. The van der Waals surface area contributed by atoms with Crippen molar-refractivity contribution >= 4 is 22.2 Å². The van der Waals surface area contributed by atoms with E-state index in [0.29, 0.717) is 0 Å². The molecular formula is C16H24N2OS. The average Bonchev–Trinajstić information content (AvgIpc) is 2.77. The van der Waals surface area contributed by atoms with Gasteiger partial charge in [0.25, 0.3) is 0 Å². The van der Waals surface area contributed by atoms with E-state index in [9.17, 15) is 4.79 Å². The van der Waals surface area contributed by atoms with Crippen LogP contribution in [-0.4, -0.2) is 23.9 Å². The van der Waals surface area contributed by atoms with Crippen LogP contribution < -0.4 is 5.32 Å². The molecule has 0 radical (unpaired) electrons. The molecule has 1 amide bonds. The lowest BCUT2D eigenvalue weighted by Gasteiger charge is -2.27. The second-order valence-electron chi connectivity index (χ2n) is 6.04. The molecule has 0 bridgehead atoms. The first-order chi connectivity index (χ1) is 9.74. The summed E-state index contributed by atoms with van der Waals surface area (Å²) in [7, 11) is 0. The molecule has 2 aliphatic rings. The molecule has 1 saturated heterocycles. The lowest BCUT2D eigenvalue weighted by atomic mass is 9.95. The van der Waals surface area contributed by atoms with Gasteiger partial charge in [-0.05, 0) is 57.2 Å². The van der Waals surface area contributed by atoms with Crippen molar-refractivity contribution in [3.05, 3.63) is 16.0 Å². The Morgan fingerprint density at radius 2 is 1.90 bits per heavy atom. The quantitative estimate of drug-likeness (QED) is 0.923. The maximum absolute atomic E-state index is 11.5. The zero-order valence-corrected chi connectivity index (χ0v) is 13.2. The lowest BCUT2D eigenvalue weighted by Crippen LogP contribution is -2.29. The van der Waals surface area contributed by atoms with Gasteiger partial charge in [-0.2, -0.15) is 0 Å². The van der Waals surface area contributed by atoms with Crippen LogP contribution in [0.15, 0.2) is 0 Å². The number of carbonyl (C=O) groups is 1. The van der Waals surface area contributed by atoms with Crippen LogP contribution in [0.4, 0.5) is 5.00 Å². The van der Waals surface area contributed by atoms with E-state index < -0.39 is 0 Å². The van der Waals surface area contributed by atoms with Gasteiger partial charge in [-0.25, -0.2) is 0 Å². The summed E-state index contributed by atoms with van der Waals surface area (Å²) in [4.78, 5) is 15.5. The van der Waals surface area contributed by atoms with Gasteiger partial charge in [0, 0.05) is 23.9 Å². The summed E-state index contributed by atoms with van der Waals surface area (Å²) < 4.78 is 0. The molecule has 0 aromatic carbocycles. The van der Waals surface area contributed by atoms with Crippen LogP contribution in [0.3, 0.4) is 0 Å². The zero-order valence-electron chi connectivity index (χ0n) is 12.3. The van der Waals surface area contributed by atoms with E-state index >= 15 is 0 Å². The fraction of sp³-hybridized carbons (Fsp3) is 0.688. The molecule has 0 saturated carbocycles. The summed E-state index contributed by atoms with van der Waals surface area (Å²) in [6.45, 7) is 5.07. The predicted molar refractivity (Wildman–Crippen MR) is 84.4 cm³/mol. The molecule has 3 nitrogen and oxygen atoms in total. The fourth-order valence-corrected chi connectivity index (χ4v) is 4.75. The van der Waals surface area contributed by atoms with Crippen LogP contribution in [-0.2, 0) is 24.2 Å². The summed E-state index contributed by atoms with van der Waals surface area (Å²) in [5.41, 5.74) is 2.97. The van der Waals surface area contributed by atoms with Gasteiger partial charge in [0.05, 0.1) is 5.00 Å². The Morgan fingerprint density at radius 1 is 1.15 bits per heavy atom. The van der Waals surface area contributed by atoms with Crippen LogP contribution in [0, 0.1) is 0 Å². The molecule has 1 aromatic rings. The molecule has 0 spiro atoms. The fourth-order valence-electron chi connectivity index (χ4n) is 3.40. The number of rotatable bonds is 3. The number of thiophene rings is 1. The third kappa shape index (κ3) is 3.07. The van der Waals surface area contributed by atoms with Crippen molar-refractivity contribution in [2.75, 3.05) is 18.4 Å². The highest BCUT2D eigenvalue weighted by Gasteiger charge is 2.23. The van der Waals surface area contributed by atoms with Crippen molar-refractivity contribution in [1.82, 2.24) is 4.90 Å². The first-order valence-electron chi connectivity index (χ1n) is 7.87. The van der Waals surface area contributed by atoms with Crippen molar-refractivity contribution < 1.29 is 4.79 Å². The number of piperidine rings is 1. The van der Waals surface area contributed by atoms with Crippen molar-refractivity contribution in [2.45, 2.75) is 58.4 Å². The Hall–Kier alpha value is -0.870. The van der Waals surface area contributed by atoms with E-state index in [2.05, 4.69) is 10.2 Å². The molecule has 3 rings (SSSR count). The summed E-state index contributed by atoms with van der Waals surface area (Å²) >= 11 is 1.82. The number of nitrogens with zero attached hydrogens (tertiary/aromatic N) is 1. The Balaban J connectivity index is 1.85. The topological polar surface area (TPSA) is 32.3 Å². The van der Waals surface area contributed by atoms with Gasteiger partial charge < -0.3 is 5.32 Å². The predicted octanol–water partition coefficient (Wildman–Crippen LogP) is 3.57. The minimum absolute atomic E-state index is 0.0588. The monoisotopic (exact) mass is 292 g/mol. The summed E-state index contributed by atoms with van der Waals surface area (Å²) in [5.74, 6) is 0.0588. The molecule has 1 aromatic heterocycles. The number of carbonyl (C=O) groups excluding carboxylic acids is 1. The number of fused-ring (bicyclic) bond motifs is 1. The second-order valence-corrected chi connectivity index (χ2v) is 7.14. The average molecular weight is 292 g/mol. The number of aryl methyl sites for hydroxylation is 1. The maximum atomic E-state index is 11.5. The van der Waals surface area contributed by atoms with E-state index in [1.807, 2.05) is 11.3 Å². The molecule has 2 heterocycles. The van der Waals surface area contributed by atoms with Crippen LogP contribution >= 0.6 is 11.3 Å². The highest BCUT2D eigenvalue weighted by molar-refractivity contribution is 7.16. The van der Waals surface area contributed by atoms with E-state index in [1.54, 1.807) is 12.5 Å². The standard InChI is InChI=1S/C16H24N2OS/c1-12(19)17-16-14(11-18-9-5-2-6-10-18)13-7-3-4-8-15(13)20-16/h2-11H2,1H3,(H,17,19). The van der Waals surface area contributed by atoms with Crippen molar-refractivity contribution in [3.8, 4) is 0 Å². The van der Waals surface area contributed by atoms with Crippen LogP contribution in [0.5, 0.6) is 0 Å². The first kappa shape index (κ1) is 14.1. The number of anilines is 1. The number of hydrogen-bond acceptors (Lipinski definition) is 3. The van der Waals surface area contributed by atoms with Crippen LogP contribution in [0.1, 0.15) is 55.0 Å². The van der Waals surface area contributed by atoms with Crippen molar-refractivity contribution in [1.29, 1.82) is 0 Å². The third-order valence-corrected chi connectivity index (χ3v) is 5.65. The van der Waals surface area contributed by atoms with Gasteiger partial charge in [0.15, 0.2) is 0 Å². The zero-order chi connectivity index (χ0) is 13.9. The molecule has 0 unspecified atom stereocenters. The normalized spacial score (nSPS) is 19.6. The van der Waals surface area contributed by atoms with E-state index in [1.165, 1.54) is 68.5 Å². The second kappa shape index (κ2) is 6.27. The van der Waals surface area contributed by atoms with Gasteiger partial charge in [0.2, 0.25) is 5.91 Å². The minimum Gasteiger partial charge on any atom is -0.318 e. The molecule has 1 aliphatic carbocycles. The summed E-state index contributed by atoms with van der Waals surface area (Å²) in [6, 6.07) is 0. The van der Waals surface area contributed by atoms with E-state index in [0.717, 1.165) is 11.5 Å². The molecule has 1 fully saturated rings. The number of nitrogens with one attached hydrogen (secondary N) is 1. The Labute approximate surface area is 125 Å². The number of amides is 1. The van der Waals surface area contributed by atoms with Gasteiger partial charge in [-0.15, -0.1) is 11.3 Å². The van der Waals surface area contributed by atoms with Gasteiger partial charge in [-0.3, -0.25) is 9.69 Å². The first-order valence-corrected chi connectivity index (χ1v) is 8.69. The molecule has 4 heteroatoms.